The SMILES string of the molecule is O=C(O)c1cc(-c2ccc(F)cc2F)ccc1O.OCc1cc(C(O)CNCCCCCCOCCCCc2ccccc2)ccc1O. The number of aliphatic hydroxyl groups excluding tert-OH is 2. The topological polar surface area (TPSA) is 139 Å². The average Bonchev–Trinajstić information content (AvgIpc) is 3.08. The maximum Gasteiger partial charge on any atom is 0.339 e. The van der Waals surface area contributed by atoms with Crippen LogP contribution in [0.1, 0.15) is 71.7 Å². The van der Waals surface area contributed by atoms with Gasteiger partial charge >= 0.3 is 5.97 Å². The lowest BCUT2D eigenvalue weighted by molar-refractivity contribution is 0.0693. The average molecular weight is 666 g/mol. The van der Waals surface area contributed by atoms with E-state index in [-0.39, 0.29) is 29.0 Å². The molecule has 8 nitrogen and oxygen atoms in total. The molecule has 0 amide bonds. The minimum Gasteiger partial charge on any atom is -0.508 e. The predicted octanol–water partition coefficient (Wildman–Crippen LogP) is 7.14. The van der Waals surface area contributed by atoms with Gasteiger partial charge < -0.3 is 35.6 Å². The summed E-state index contributed by atoms with van der Waals surface area (Å²) in [6, 6.07) is 22.1. The van der Waals surface area contributed by atoms with Gasteiger partial charge in [0.15, 0.2) is 0 Å². The zero-order chi connectivity index (χ0) is 34.7. The summed E-state index contributed by atoms with van der Waals surface area (Å²) in [5, 5.41) is 50.4. The molecule has 0 radical (unpaired) electrons. The quantitative estimate of drug-likeness (QED) is 0.0617. The van der Waals surface area contributed by atoms with Gasteiger partial charge in [0.05, 0.1) is 12.7 Å². The first-order valence-corrected chi connectivity index (χ1v) is 16.1. The van der Waals surface area contributed by atoms with Crippen LogP contribution in [0.5, 0.6) is 11.5 Å². The van der Waals surface area contributed by atoms with Crippen LogP contribution in [0.3, 0.4) is 0 Å². The number of rotatable bonds is 18. The van der Waals surface area contributed by atoms with E-state index in [1.54, 1.807) is 12.1 Å². The largest absolute Gasteiger partial charge is 0.508 e. The van der Waals surface area contributed by atoms with Gasteiger partial charge in [-0.05, 0) is 91.7 Å². The van der Waals surface area contributed by atoms with Crippen molar-refractivity contribution in [3.63, 3.8) is 0 Å². The molecule has 1 atom stereocenters. The number of aryl methyl sites for hydroxylation is 1. The molecule has 0 spiro atoms. The van der Waals surface area contributed by atoms with E-state index in [9.17, 15) is 34.0 Å². The zero-order valence-corrected chi connectivity index (χ0v) is 27.0. The van der Waals surface area contributed by atoms with E-state index in [0.717, 1.165) is 76.5 Å². The Morgan fingerprint density at radius 2 is 1.50 bits per heavy atom. The number of ether oxygens (including phenoxy) is 1. The van der Waals surface area contributed by atoms with Gasteiger partial charge in [0.25, 0.3) is 0 Å². The van der Waals surface area contributed by atoms with Crippen molar-refractivity contribution < 1.29 is 43.8 Å². The van der Waals surface area contributed by atoms with Gasteiger partial charge in [0.2, 0.25) is 0 Å². The molecule has 0 saturated carbocycles. The van der Waals surface area contributed by atoms with Crippen LogP contribution >= 0.6 is 0 Å². The summed E-state index contributed by atoms with van der Waals surface area (Å²) in [4.78, 5) is 10.8. The van der Waals surface area contributed by atoms with E-state index in [1.807, 2.05) is 0 Å². The molecular formula is C38H45F2NO7. The Balaban J connectivity index is 0.000000294. The van der Waals surface area contributed by atoms with Crippen LogP contribution in [0, 0.1) is 11.6 Å². The number of carboxylic acid groups (broad SMARTS) is 1. The number of carboxylic acids is 1. The Bertz CT molecular complexity index is 1550. The first kappa shape index (κ1) is 38.1. The molecule has 6 N–H and O–H groups in total. The minimum absolute atomic E-state index is 0.0533. The molecule has 4 aromatic rings. The Labute approximate surface area is 280 Å². The smallest absolute Gasteiger partial charge is 0.339 e. The summed E-state index contributed by atoms with van der Waals surface area (Å²) in [5.74, 6) is -3.19. The second-order valence-corrected chi connectivity index (χ2v) is 11.4. The molecule has 0 fully saturated rings. The molecule has 10 heteroatoms. The molecule has 4 rings (SSSR count). The standard InChI is InChI=1S/C25H37NO4.C13H8F2O3/c27-20-23-18-22(13-14-24(23)28)25(29)19-26-15-7-1-2-8-16-30-17-9-6-12-21-10-4-3-5-11-21;14-8-2-3-9(11(15)6-8)7-1-4-12(16)10(5-7)13(17)18/h3-5,10-11,13-14,18,25-29H,1-2,6-9,12,15-17,19-20H2;1-6,16H,(H,17,18). The summed E-state index contributed by atoms with van der Waals surface area (Å²) in [6.07, 6.45) is 7.24. The van der Waals surface area contributed by atoms with E-state index in [0.29, 0.717) is 23.7 Å². The lowest BCUT2D eigenvalue weighted by Gasteiger charge is -2.14. The molecule has 0 heterocycles. The van der Waals surface area contributed by atoms with Gasteiger partial charge in [-0.1, -0.05) is 55.3 Å². The fourth-order valence-electron chi connectivity index (χ4n) is 4.98. The first-order chi connectivity index (χ1) is 23.2. The van der Waals surface area contributed by atoms with Crippen molar-refractivity contribution in [1.29, 1.82) is 0 Å². The van der Waals surface area contributed by atoms with E-state index in [2.05, 4.69) is 35.6 Å². The molecule has 0 bridgehead atoms. The van der Waals surface area contributed by atoms with Crippen LogP contribution < -0.4 is 5.32 Å². The van der Waals surface area contributed by atoms with Crippen LogP contribution in [0.15, 0.2) is 84.9 Å². The Hall–Kier alpha value is -4.35. The lowest BCUT2D eigenvalue weighted by Crippen LogP contribution is -2.22. The van der Waals surface area contributed by atoms with Gasteiger partial charge in [-0.25, -0.2) is 13.6 Å². The first-order valence-electron chi connectivity index (χ1n) is 16.1. The van der Waals surface area contributed by atoms with Crippen molar-refractivity contribution in [3.8, 4) is 22.6 Å². The third-order valence-electron chi connectivity index (χ3n) is 7.70. The van der Waals surface area contributed by atoms with Gasteiger partial charge in [-0.15, -0.1) is 0 Å². The highest BCUT2D eigenvalue weighted by atomic mass is 19.1. The zero-order valence-electron chi connectivity index (χ0n) is 27.0. The minimum atomic E-state index is -1.32. The number of halogens is 2. The normalized spacial score (nSPS) is 11.5. The predicted molar refractivity (Wildman–Crippen MR) is 181 cm³/mol. The van der Waals surface area contributed by atoms with Gasteiger partial charge in [0.1, 0.15) is 28.7 Å². The molecule has 0 aliphatic rings. The van der Waals surface area contributed by atoms with E-state index < -0.39 is 29.5 Å². The lowest BCUT2D eigenvalue weighted by atomic mass is 10.0. The Morgan fingerprint density at radius 3 is 2.21 bits per heavy atom. The highest BCUT2D eigenvalue weighted by Crippen LogP contribution is 2.28. The second kappa shape index (κ2) is 20.8. The summed E-state index contributed by atoms with van der Waals surface area (Å²) in [7, 11) is 0. The molecular weight excluding hydrogens is 620 g/mol. The van der Waals surface area contributed by atoms with Gasteiger partial charge in [-0.3, -0.25) is 0 Å². The van der Waals surface area contributed by atoms with Crippen molar-refractivity contribution >= 4 is 5.97 Å². The van der Waals surface area contributed by atoms with Crippen molar-refractivity contribution in [2.75, 3.05) is 26.3 Å². The monoisotopic (exact) mass is 665 g/mol. The van der Waals surface area contributed by atoms with E-state index in [4.69, 9.17) is 9.84 Å². The molecule has 0 aliphatic carbocycles. The third kappa shape index (κ3) is 13.0. The molecule has 258 valence electrons. The number of unbranched alkanes of at least 4 members (excludes halogenated alkanes) is 4. The molecule has 0 aromatic heterocycles. The number of carbonyl (C=O) groups is 1. The number of benzene rings is 4. The van der Waals surface area contributed by atoms with Crippen molar-refractivity contribution in [1.82, 2.24) is 5.32 Å². The summed E-state index contributed by atoms with van der Waals surface area (Å²) in [6.45, 7) is 2.77. The second-order valence-electron chi connectivity index (χ2n) is 11.4. The molecule has 48 heavy (non-hydrogen) atoms. The molecule has 0 saturated heterocycles. The number of hydrogen-bond donors (Lipinski definition) is 6. The number of aromatic carboxylic acids is 1. The molecule has 4 aromatic carbocycles. The fraction of sp³-hybridized carbons (Fsp3) is 0.342. The summed E-state index contributed by atoms with van der Waals surface area (Å²) in [5.41, 5.74) is 2.52. The van der Waals surface area contributed by atoms with Crippen molar-refractivity contribution in [3.05, 3.63) is 119 Å². The Morgan fingerprint density at radius 1 is 0.792 bits per heavy atom. The van der Waals surface area contributed by atoms with Crippen LogP contribution in [-0.2, 0) is 17.8 Å². The maximum absolute atomic E-state index is 13.5. The van der Waals surface area contributed by atoms with E-state index >= 15 is 0 Å². The molecule has 0 aliphatic heterocycles. The fourth-order valence-corrected chi connectivity index (χ4v) is 4.98. The van der Waals surface area contributed by atoms with Crippen LogP contribution in [0.25, 0.3) is 11.1 Å². The highest BCUT2D eigenvalue weighted by molar-refractivity contribution is 5.92. The van der Waals surface area contributed by atoms with Crippen molar-refractivity contribution in [2.24, 2.45) is 0 Å². The Kier molecular flexibility index (Phi) is 16.5. The van der Waals surface area contributed by atoms with Crippen LogP contribution in [0.4, 0.5) is 8.78 Å². The number of nitrogens with one attached hydrogen (secondary N) is 1. The summed E-state index contributed by atoms with van der Waals surface area (Å²) >= 11 is 0. The number of aliphatic hydroxyl groups is 2. The van der Waals surface area contributed by atoms with Crippen LogP contribution in [0.2, 0.25) is 0 Å². The maximum atomic E-state index is 13.5. The number of aromatic hydroxyl groups is 2. The van der Waals surface area contributed by atoms with Gasteiger partial charge in [0, 0.05) is 37.0 Å². The van der Waals surface area contributed by atoms with Crippen molar-refractivity contribution in [2.45, 2.75) is 57.7 Å². The number of hydrogen-bond acceptors (Lipinski definition) is 7. The molecule has 1 unspecified atom stereocenters. The third-order valence-corrected chi connectivity index (χ3v) is 7.70. The highest BCUT2D eigenvalue weighted by Gasteiger charge is 2.13. The van der Waals surface area contributed by atoms with Crippen LogP contribution in [-0.4, -0.2) is 57.8 Å². The van der Waals surface area contributed by atoms with E-state index in [1.165, 1.54) is 30.2 Å². The van der Waals surface area contributed by atoms with Gasteiger partial charge in [-0.2, -0.15) is 0 Å². The summed E-state index contributed by atoms with van der Waals surface area (Å²) < 4.78 is 32.0. The number of phenols is 2.